The van der Waals surface area contributed by atoms with Crippen LogP contribution in [0.5, 0.6) is 5.75 Å². The predicted molar refractivity (Wildman–Crippen MR) is 119 cm³/mol. The SMILES string of the molecule is CN=C(NC1CCN(Cc2ccccc2)CC1)NC1CC1c1ccccc1OC(F)(F)F. The summed E-state index contributed by atoms with van der Waals surface area (Å²) in [6.07, 6.45) is -1.91. The molecule has 2 N–H and O–H groups in total. The molecule has 2 aliphatic rings. The molecule has 1 saturated heterocycles. The Hall–Kier alpha value is -2.74. The van der Waals surface area contributed by atoms with E-state index in [0.717, 1.165) is 38.9 Å². The zero-order valence-corrected chi connectivity index (χ0v) is 18.1. The molecule has 1 aliphatic carbocycles. The smallest absolute Gasteiger partial charge is 0.405 e. The molecule has 0 bridgehead atoms. The van der Waals surface area contributed by atoms with E-state index in [0.29, 0.717) is 17.6 Å². The van der Waals surface area contributed by atoms with Crippen molar-refractivity contribution < 1.29 is 17.9 Å². The Morgan fingerprint density at radius 1 is 1.03 bits per heavy atom. The van der Waals surface area contributed by atoms with E-state index in [-0.39, 0.29) is 17.7 Å². The summed E-state index contributed by atoms with van der Waals surface area (Å²) in [5.74, 6) is 0.552. The average molecular weight is 447 g/mol. The van der Waals surface area contributed by atoms with Gasteiger partial charge in [-0.1, -0.05) is 48.5 Å². The van der Waals surface area contributed by atoms with Crippen molar-refractivity contribution in [2.45, 2.75) is 50.2 Å². The number of hydrogen-bond acceptors (Lipinski definition) is 3. The van der Waals surface area contributed by atoms with Gasteiger partial charge >= 0.3 is 6.36 Å². The van der Waals surface area contributed by atoms with Crippen molar-refractivity contribution >= 4 is 5.96 Å². The molecule has 1 saturated carbocycles. The van der Waals surface area contributed by atoms with Crippen LogP contribution in [0.15, 0.2) is 59.6 Å². The molecule has 2 atom stereocenters. The van der Waals surface area contributed by atoms with Crippen molar-refractivity contribution in [3.63, 3.8) is 0 Å². The van der Waals surface area contributed by atoms with Crippen LogP contribution in [0.1, 0.15) is 36.3 Å². The van der Waals surface area contributed by atoms with E-state index in [1.165, 1.54) is 11.6 Å². The number of aliphatic imine (C=N–C) groups is 1. The van der Waals surface area contributed by atoms with Gasteiger partial charge in [0.1, 0.15) is 5.75 Å². The van der Waals surface area contributed by atoms with Gasteiger partial charge in [0.2, 0.25) is 0 Å². The lowest BCUT2D eigenvalue weighted by atomic mass is 10.0. The van der Waals surface area contributed by atoms with Gasteiger partial charge in [-0.15, -0.1) is 13.2 Å². The summed E-state index contributed by atoms with van der Waals surface area (Å²) < 4.78 is 42.3. The Kier molecular flexibility index (Phi) is 6.89. The average Bonchev–Trinajstić information content (AvgIpc) is 3.53. The van der Waals surface area contributed by atoms with Crippen LogP contribution in [0.4, 0.5) is 13.2 Å². The van der Waals surface area contributed by atoms with E-state index in [9.17, 15) is 13.2 Å². The molecule has 172 valence electrons. The van der Waals surface area contributed by atoms with Crippen LogP contribution in [0.3, 0.4) is 0 Å². The number of ether oxygens (including phenoxy) is 1. The number of guanidine groups is 1. The molecule has 0 amide bonds. The number of nitrogens with one attached hydrogen (secondary N) is 2. The van der Waals surface area contributed by atoms with Gasteiger partial charge in [0.25, 0.3) is 0 Å². The topological polar surface area (TPSA) is 48.9 Å². The summed E-state index contributed by atoms with van der Waals surface area (Å²) >= 11 is 0. The maximum atomic E-state index is 12.7. The van der Waals surface area contributed by atoms with Gasteiger partial charge in [-0.05, 0) is 36.5 Å². The van der Waals surface area contributed by atoms with E-state index in [4.69, 9.17) is 0 Å². The lowest BCUT2D eigenvalue weighted by molar-refractivity contribution is -0.274. The van der Waals surface area contributed by atoms with Crippen LogP contribution in [0, 0.1) is 0 Å². The van der Waals surface area contributed by atoms with E-state index >= 15 is 0 Å². The van der Waals surface area contributed by atoms with E-state index < -0.39 is 6.36 Å². The molecule has 2 aromatic carbocycles. The van der Waals surface area contributed by atoms with Gasteiger partial charge in [-0.2, -0.15) is 0 Å². The first-order chi connectivity index (χ1) is 15.4. The Morgan fingerprint density at radius 3 is 2.41 bits per heavy atom. The summed E-state index contributed by atoms with van der Waals surface area (Å²) in [5, 5.41) is 6.85. The molecule has 5 nitrogen and oxygen atoms in total. The normalized spacial score (nSPS) is 22.4. The minimum atomic E-state index is -4.69. The third-order valence-corrected chi connectivity index (χ3v) is 6.06. The fourth-order valence-corrected chi connectivity index (χ4v) is 4.32. The van der Waals surface area contributed by atoms with E-state index in [2.05, 4.69) is 49.5 Å². The number of nitrogens with zero attached hydrogens (tertiary/aromatic N) is 2. The molecule has 2 fully saturated rings. The van der Waals surface area contributed by atoms with E-state index in [1.54, 1.807) is 25.2 Å². The van der Waals surface area contributed by atoms with Crippen molar-refractivity contribution in [2.75, 3.05) is 20.1 Å². The van der Waals surface area contributed by atoms with Crippen LogP contribution in [0.25, 0.3) is 0 Å². The zero-order chi connectivity index (χ0) is 22.6. The number of rotatable bonds is 6. The standard InChI is InChI=1S/C24H29F3N4O/c1-28-23(29-18-11-13-31(14-12-18)16-17-7-3-2-4-8-17)30-21-15-20(21)19-9-5-6-10-22(19)32-24(25,26)27/h2-10,18,20-21H,11-16H2,1H3,(H2,28,29,30). The Morgan fingerprint density at radius 2 is 1.72 bits per heavy atom. The summed E-state index contributed by atoms with van der Waals surface area (Å²) in [7, 11) is 1.72. The molecule has 2 aromatic rings. The molecule has 1 aliphatic heterocycles. The molecule has 0 aromatic heterocycles. The van der Waals surface area contributed by atoms with Gasteiger partial charge in [-0.3, -0.25) is 9.89 Å². The van der Waals surface area contributed by atoms with Crippen LogP contribution < -0.4 is 15.4 Å². The summed E-state index contributed by atoms with van der Waals surface area (Å²) in [5.41, 5.74) is 1.90. The molecule has 4 rings (SSSR count). The second-order valence-electron chi connectivity index (χ2n) is 8.43. The predicted octanol–water partition coefficient (Wildman–Crippen LogP) is 4.27. The summed E-state index contributed by atoms with van der Waals surface area (Å²) in [4.78, 5) is 6.79. The summed E-state index contributed by atoms with van der Waals surface area (Å²) in [6, 6.07) is 17.2. The monoisotopic (exact) mass is 446 g/mol. The first kappa shape index (κ1) is 22.5. The van der Waals surface area contributed by atoms with Gasteiger partial charge < -0.3 is 15.4 Å². The molecule has 32 heavy (non-hydrogen) atoms. The highest BCUT2D eigenvalue weighted by atomic mass is 19.4. The molecule has 0 spiro atoms. The number of halogens is 3. The van der Waals surface area contributed by atoms with Crippen LogP contribution in [0.2, 0.25) is 0 Å². The molecule has 8 heteroatoms. The summed E-state index contributed by atoms with van der Waals surface area (Å²) in [6.45, 7) is 2.99. The fraction of sp³-hybridized carbons (Fsp3) is 0.458. The minimum absolute atomic E-state index is 0.0279. The van der Waals surface area contributed by atoms with Crippen molar-refractivity contribution in [3.05, 3.63) is 65.7 Å². The van der Waals surface area contributed by atoms with Crippen LogP contribution >= 0.6 is 0 Å². The van der Waals surface area contributed by atoms with Crippen LogP contribution in [-0.2, 0) is 6.54 Å². The van der Waals surface area contributed by atoms with Gasteiger partial charge in [-0.25, -0.2) is 0 Å². The number of piperidine rings is 1. The van der Waals surface area contributed by atoms with Crippen LogP contribution in [-0.4, -0.2) is 49.4 Å². The maximum absolute atomic E-state index is 12.7. The minimum Gasteiger partial charge on any atom is -0.405 e. The molecule has 2 unspecified atom stereocenters. The molecular weight excluding hydrogens is 417 g/mol. The first-order valence-electron chi connectivity index (χ1n) is 11.0. The molecular formula is C24H29F3N4O. The van der Waals surface area contributed by atoms with Crippen molar-refractivity contribution in [2.24, 2.45) is 4.99 Å². The number of alkyl halides is 3. The lowest BCUT2D eigenvalue weighted by Gasteiger charge is -2.33. The third kappa shape index (κ3) is 6.16. The number of hydrogen-bond donors (Lipinski definition) is 2. The maximum Gasteiger partial charge on any atom is 0.573 e. The number of para-hydroxylation sites is 1. The Labute approximate surface area is 186 Å². The van der Waals surface area contributed by atoms with Gasteiger partial charge in [0.05, 0.1) is 0 Å². The number of benzene rings is 2. The molecule has 0 radical (unpaired) electrons. The number of likely N-dealkylation sites (tertiary alicyclic amines) is 1. The fourth-order valence-electron chi connectivity index (χ4n) is 4.32. The first-order valence-corrected chi connectivity index (χ1v) is 11.0. The quantitative estimate of drug-likeness (QED) is 0.514. The highest BCUT2D eigenvalue weighted by Gasteiger charge is 2.42. The zero-order valence-electron chi connectivity index (χ0n) is 18.1. The largest absolute Gasteiger partial charge is 0.573 e. The highest BCUT2D eigenvalue weighted by molar-refractivity contribution is 5.81. The lowest BCUT2D eigenvalue weighted by Crippen LogP contribution is -2.49. The Bertz CT molecular complexity index is 911. The third-order valence-electron chi connectivity index (χ3n) is 6.06. The Balaban J connectivity index is 1.25. The molecule has 1 heterocycles. The second kappa shape index (κ2) is 9.81. The van der Waals surface area contributed by atoms with Crippen molar-refractivity contribution in [1.29, 1.82) is 0 Å². The van der Waals surface area contributed by atoms with E-state index in [1.807, 2.05) is 6.07 Å². The second-order valence-corrected chi connectivity index (χ2v) is 8.43. The van der Waals surface area contributed by atoms with Gasteiger partial charge in [0, 0.05) is 44.7 Å². The highest BCUT2D eigenvalue weighted by Crippen LogP contribution is 2.45. The van der Waals surface area contributed by atoms with Gasteiger partial charge in [0.15, 0.2) is 5.96 Å². The van der Waals surface area contributed by atoms with Crippen molar-refractivity contribution in [1.82, 2.24) is 15.5 Å². The van der Waals surface area contributed by atoms with Crippen molar-refractivity contribution in [3.8, 4) is 5.75 Å².